The van der Waals surface area contributed by atoms with Gasteiger partial charge in [-0.25, -0.2) is 9.48 Å². The van der Waals surface area contributed by atoms with Crippen LogP contribution in [0.3, 0.4) is 0 Å². The number of aromatic nitrogens is 2. The number of para-hydroxylation sites is 1. The van der Waals surface area contributed by atoms with E-state index in [-0.39, 0.29) is 5.91 Å². The van der Waals surface area contributed by atoms with Gasteiger partial charge in [-0.3, -0.25) is 9.69 Å². The Morgan fingerprint density at radius 1 is 1.00 bits per heavy atom. The van der Waals surface area contributed by atoms with Crippen molar-refractivity contribution in [1.29, 1.82) is 0 Å². The minimum atomic E-state index is -5.08. The molecule has 9 nitrogen and oxygen atoms in total. The van der Waals surface area contributed by atoms with Crippen molar-refractivity contribution in [3.8, 4) is 5.69 Å². The van der Waals surface area contributed by atoms with Crippen LogP contribution in [0.2, 0.25) is 15.1 Å². The minimum absolute atomic E-state index is 0.162. The van der Waals surface area contributed by atoms with Crippen molar-refractivity contribution >= 4 is 69.0 Å². The molecule has 0 radical (unpaired) electrons. The largest absolute Gasteiger partial charge is 0.490 e. The van der Waals surface area contributed by atoms with E-state index >= 15 is 0 Å². The van der Waals surface area contributed by atoms with E-state index in [9.17, 15) is 18.0 Å². The quantitative estimate of drug-likeness (QED) is 0.177. The van der Waals surface area contributed by atoms with Crippen molar-refractivity contribution in [2.75, 3.05) is 44.7 Å². The zero-order chi connectivity index (χ0) is 31.9. The number of aliphatic carboxylic acids is 1. The number of ether oxygens (including phenoxy) is 1. The number of nitrogens with zero attached hydrogens (tertiary/aromatic N) is 3. The van der Waals surface area contributed by atoms with Crippen LogP contribution >= 0.6 is 34.8 Å². The summed E-state index contributed by atoms with van der Waals surface area (Å²) in [5.41, 5.74) is 3.54. The molecule has 0 saturated carbocycles. The molecule has 5 rings (SSSR count). The Bertz CT molecular complexity index is 1610. The fraction of sp³-hybridized carbons (Fsp3) is 0.276. The van der Waals surface area contributed by atoms with Crippen molar-refractivity contribution in [2.24, 2.45) is 0 Å². The molecule has 0 spiro atoms. The first-order chi connectivity index (χ1) is 20.9. The lowest BCUT2D eigenvalue weighted by atomic mass is 10.1. The van der Waals surface area contributed by atoms with Gasteiger partial charge < -0.3 is 20.5 Å². The molecule has 15 heteroatoms. The maximum absolute atomic E-state index is 12.8. The lowest BCUT2D eigenvalue weighted by Gasteiger charge is -2.26. The Morgan fingerprint density at radius 2 is 1.68 bits per heavy atom. The number of carbonyl (C=O) groups is 2. The van der Waals surface area contributed by atoms with Crippen LogP contribution in [0.1, 0.15) is 16.8 Å². The van der Waals surface area contributed by atoms with Gasteiger partial charge in [0.15, 0.2) is 0 Å². The lowest BCUT2D eigenvalue weighted by Crippen LogP contribution is -2.38. The van der Waals surface area contributed by atoms with Crippen LogP contribution < -0.4 is 10.6 Å². The topological polar surface area (TPSA) is 109 Å². The molecule has 3 N–H and O–H groups in total. The normalized spacial score (nSPS) is 13.7. The summed E-state index contributed by atoms with van der Waals surface area (Å²) in [5.74, 6) is -2.92. The predicted molar refractivity (Wildman–Crippen MR) is 164 cm³/mol. The first-order valence-corrected chi connectivity index (χ1v) is 14.4. The fourth-order valence-electron chi connectivity index (χ4n) is 4.34. The van der Waals surface area contributed by atoms with Gasteiger partial charge in [-0.05, 0) is 61.5 Å². The Hall–Kier alpha value is -3.55. The van der Waals surface area contributed by atoms with E-state index in [0.29, 0.717) is 38.6 Å². The predicted octanol–water partition coefficient (Wildman–Crippen LogP) is 6.81. The maximum Gasteiger partial charge on any atom is 0.490 e. The van der Waals surface area contributed by atoms with Crippen LogP contribution in [0, 0.1) is 0 Å². The van der Waals surface area contributed by atoms with E-state index in [0.717, 1.165) is 55.9 Å². The summed E-state index contributed by atoms with van der Waals surface area (Å²) in [4.78, 5) is 24.1. The number of fused-ring (bicyclic) bond motifs is 1. The molecule has 234 valence electrons. The monoisotopic (exact) mass is 671 g/mol. The number of carboxylic acid groups (broad SMARTS) is 1. The SMILES string of the molecule is O=C(NCCCN1CCOCC1)c1cc(Cl)cc(-n2ncc3cc(Nc4c(Cl)cccc4Cl)ccc32)c1.O=C(O)C(F)(F)F. The molecule has 1 aliphatic heterocycles. The lowest BCUT2D eigenvalue weighted by molar-refractivity contribution is -0.192. The summed E-state index contributed by atoms with van der Waals surface area (Å²) in [6.07, 6.45) is -2.44. The van der Waals surface area contributed by atoms with Gasteiger partial charge in [-0.2, -0.15) is 18.3 Å². The Kier molecular flexibility index (Phi) is 11.3. The molecule has 3 aromatic carbocycles. The molecule has 4 aromatic rings. The number of hydrogen-bond donors (Lipinski definition) is 3. The first-order valence-electron chi connectivity index (χ1n) is 13.3. The molecular formula is C29H27Cl3F3N5O4. The highest BCUT2D eigenvalue weighted by atomic mass is 35.5. The molecule has 1 aliphatic rings. The number of alkyl halides is 3. The Morgan fingerprint density at radius 3 is 2.34 bits per heavy atom. The van der Waals surface area contributed by atoms with Crippen LogP contribution in [0.25, 0.3) is 16.6 Å². The smallest absolute Gasteiger partial charge is 0.475 e. The number of carboxylic acids is 1. The average Bonchev–Trinajstić information content (AvgIpc) is 3.41. The molecule has 1 fully saturated rings. The van der Waals surface area contributed by atoms with Crippen LogP contribution in [-0.2, 0) is 9.53 Å². The Balaban J connectivity index is 0.000000566. The van der Waals surface area contributed by atoms with Gasteiger partial charge in [-0.1, -0.05) is 40.9 Å². The van der Waals surface area contributed by atoms with Crippen LogP contribution in [0.4, 0.5) is 24.5 Å². The maximum atomic E-state index is 12.8. The summed E-state index contributed by atoms with van der Waals surface area (Å²) in [6, 6.07) is 16.5. The zero-order valence-electron chi connectivity index (χ0n) is 23.0. The second-order valence-corrected chi connectivity index (χ2v) is 10.9. The van der Waals surface area contributed by atoms with Crippen LogP contribution in [0.5, 0.6) is 0 Å². The number of morpholine rings is 1. The second kappa shape index (κ2) is 15.0. The van der Waals surface area contributed by atoms with Crippen molar-refractivity contribution in [1.82, 2.24) is 20.0 Å². The van der Waals surface area contributed by atoms with Crippen LogP contribution in [-0.4, -0.2) is 77.2 Å². The summed E-state index contributed by atoms with van der Waals surface area (Å²) in [7, 11) is 0. The zero-order valence-corrected chi connectivity index (χ0v) is 25.3. The number of benzene rings is 3. The number of hydrogen-bond acceptors (Lipinski definition) is 6. The van der Waals surface area contributed by atoms with E-state index in [1.807, 2.05) is 18.2 Å². The van der Waals surface area contributed by atoms with Crippen molar-refractivity contribution in [2.45, 2.75) is 12.6 Å². The summed E-state index contributed by atoms with van der Waals surface area (Å²) in [6.45, 7) is 4.95. The van der Waals surface area contributed by atoms with Gasteiger partial charge >= 0.3 is 12.1 Å². The minimum Gasteiger partial charge on any atom is -0.475 e. The number of rotatable bonds is 8. The molecule has 1 amide bonds. The molecule has 2 heterocycles. The van der Waals surface area contributed by atoms with Gasteiger partial charge in [0, 0.05) is 41.3 Å². The van der Waals surface area contributed by atoms with Gasteiger partial charge in [-0.15, -0.1) is 0 Å². The highest BCUT2D eigenvalue weighted by molar-refractivity contribution is 6.39. The van der Waals surface area contributed by atoms with Crippen molar-refractivity contribution < 1.29 is 32.6 Å². The highest BCUT2D eigenvalue weighted by Gasteiger charge is 2.38. The molecule has 1 saturated heterocycles. The summed E-state index contributed by atoms with van der Waals surface area (Å²) < 4.78 is 38.9. The van der Waals surface area contributed by atoms with Gasteiger partial charge in [0.1, 0.15) is 0 Å². The highest BCUT2D eigenvalue weighted by Crippen LogP contribution is 2.33. The average molecular weight is 673 g/mol. The third-order valence-corrected chi connectivity index (χ3v) is 7.32. The number of anilines is 2. The fourth-order valence-corrected chi connectivity index (χ4v) is 5.06. The first kappa shape index (κ1) is 33.3. The molecule has 0 atom stereocenters. The van der Waals surface area contributed by atoms with Crippen molar-refractivity contribution in [3.63, 3.8) is 0 Å². The van der Waals surface area contributed by atoms with Gasteiger partial charge in [0.2, 0.25) is 0 Å². The third-order valence-electron chi connectivity index (χ3n) is 6.47. The molecule has 44 heavy (non-hydrogen) atoms. The molecule has 0 aliphatic carbocycles. The number of carbonyl (C=O) groups excluding carboxylic acids is 1. The number of nitrogens with one attached hydrogen (secondary N) is 2. The third kappa shape index (κ3) is 8.99. The summed E-state index contributed by atoms with van der Waals surface area (Å²) >= 11 is 19.0. The number of amides is 1. The van der Waals surface area contributed by atoms with E-state index in [1.165, 1.54) is 0 Å². The second-order valence-electron chi connectivity index (χ2n) is 9.62. The van der Waals surface area contributed by atoms with Gasteiger partial charge in [0.25, 0.3) is 5.91 Å². The van der Waals surface area contributed by atoms with E-state index in [4.69, 9.17) is 49.4 Å². The van der Waals surface area contributed by atoms with Crippen molar-refractivity contribution in [3.05, 3.63) is 81.4 Å². The molecular weight excluding hydrogens is 646 g/mol. The van der Waals surface area contributed by atoms with E-state index in [2.05, 4.69) is 20.6 Å². The van der Waals surface area contributed by atoms with E-state index < -0.39 is 12.1 Å². The van der Waals surface area contributed by atoms with Gasteiger partial charge in [0.05, 0.1) is 46.3 Å². The van der Waals surface area contributed by atoms with Crippen LogP contribution in [0.15, 0.2) is 60.8 Å². The Labute approximate surface area is 265 Å². The molecule has 1 aromatic heterocycles. The molecule has 0 unspecified atom stereocenters. The number of halogens is 6. The van der Waals surface area contributed by atoms with E-state index in [1.54, 1.807) is 47.3 Å². The summed E-state index contributed by atoms with van der Waals surface area (Å²) in [5, 5.41) is 20.4. The molecule has 0 bridgehead atoms. The standard InChI is InChI=1S/C27H26Cl3N5O2.C2HF3O2/c28-20-13-18(27(36)31-7-2-8-34-9-11-37-12-10-34)15-22(16-20)35-25-6-5-21(14-19(25)17-32-35)33-26-23(29)3-1-4-24(26)30;3-2(4,5)1(6)7/h1,3-6,13-17,33H,2,7-12H2,(H,31,36);(H,6,7).